The molecule has 0 unspecified atom stereocenters. The first-order valence-corrected chi connectivity index (χ1v) is 18.9. The van der Waals surface area contributed by atoms with Gasteiger partial charge in [-0.15, -0.1) is 0 Å². The van der Waals surface area contributed by atoms with Crippen molar-refractivity contribution < 1.29 is 18.4 Å². The van der Waals surface area contributed by atoms with Gasteiger partial charge in [-0.2, -0.15) is 0 Å². The fourth-order valence-corrected chi connectivity index (χ4v) is 14.9. The Morgan fingerprint density at radius 3 is 0.907 bits per heavy atom. The summed E-state index contributed by atoms with van der Waals surface area (Å²) in [7, 11) is -6.00. The molecule has 0 fully saturated rings. The summed E-state index contributed by atoms with van der Waals surface area (Å²) in [5.74, 6) is -0.569. The molecule has 0 aliphatic heterocycles. The van der Waals surface area contributed by atoms with Crippen LogP contribution in [0.2, 0.25) is 10.1 Å². The zero-order valence-corrected chi connectivity index (χ0v) is 28.3. The number of carbonyl (C=O) groups is 2. The van der Waals surface area contributed by atoms with E-state index in [0.29, 0.717) is 6.42 Å². The van der Waals surface area contributed by atoms with E-state index < -0.39 is 16.6 Å². The first-order valence-electron chi connectivity index (χ1n) is 15.1. The molecular weight excluding hydrogens is 565 g/mol. The van der Waals surface area contributed by atoms with Crippen molar-refractivity contribution in [2.75, 3.05) is 0 Å². The molecule has 43 heavy (non-hydrogen) atoms. The van der Waals surface area contributed by atoms with Crippen LogP contribution in [0.25, 0.3) is 0 Å². The minimum Gasteiger partial charge on any atom is -0.510 e. The Bertz CT molecular complexity index is 1280. The van der Waals surface area contributed by atoms with E-state index in [1.807, 2.05) is 72.8 Å². The van der Waals surface area contributed by atoms with Gasteiger partial charge < -0.3 is 8.85 Å². The van der Waals surface area contributed by atoms with E-state index >= 15 is 0 Å². The number of carbonyl (C=O) groups excluding carboxylic acids is 2. The van der Waals surface area contributed by atoms with Gasteiger partial charge in [0, 0.05) is 12.8 Å². The molecule has 0 heterocycles. The molecule has 0 saturated heterocycles. The first kappa shape index (κ1) is 32.2. The molecule has 6 heteroatoms. The van der Waals surface area contributed by atoms with Crippen molar-refractivity contribution in [2.45, 2.75) is 70.9 Å². The maximum absolute atomic E-state index is 13.6. The Morgan fingerprint density at radius 2 is 0.698 bits per heavy atom. The summed E-state index contributed by atoms with van der Waals surface area (Å²) in [5, 5.41) is 3.57. The van der Waals surface area contributed by atoms with Crippen molar-refractivity contribution >= 4 is 49.3 Å². The Kier molecular flexibility index (Phi) is 9.93. The molecular formula is C37H44O4Si2. The van der Waals surface area contributed by atoms with E-state index in [0.717, 1.165) is 20.7 Å². The van der Waals surface area contributed by atoms with Gasteiger partial charge in [-0.1, -0.05) is 163 Å². The minimum atomic E-state index is -3.00. The molecule has 4 aromatic rings. The number of rotatable bonds is 10. The smallest absolute Gasteiger partial charge is 0.323 e. The highest BCUT2D eigenvalue weighted by Gasteiger charge is 2.54. The van der Waals surface area contributed by atoms with Crippen LogP contribution >= 0.6 is 0 Å². The largest absolute Gasteiger partial charge is 0.510 e. The van der Waals surface area contributed by atoms with Crippen LogP contribution in [0.15, 0.2) is 121 Å². The predicted molar refractivity (Wildman–Crippen MR) is 181 cm³/mol. The highest BCUT2D eigenvalue weighted by Crippen LogP contribution is 2.38. The molecule has 4 nitrogen and oxygen atoms in total. The maximum Gasteiger partial charge on any atom is 0.323 e. The van der Waals surface area contributed by atoms with Crippen LogP contribution in [0.4, 0.5) is 0 Å². The number of hydrogen-bond acceptors (Lipinski definition) is 4. The molecule has 0 spiro atoms. The SMILES string of the molecule is CC(C)(C)[Si](OC(=O)CCCC(=O)O[Si](c1ccccc1)(c1ccccc1)C(C)(C)C)(c1ccccc1)c1ccccc1. The fraction of sp³-hybridized carbons (Fsp3) is 0.297. The van der Waals surface area contributed by atoms with Crippen LogP contribution in [0.1, 0.15) is 60.8 Å². The van der Waals surface area contributed by atoms with Crippen LogP contribution in [-0.2, 0) is 18.4 Å². The van der Waals surface area contributed by atoms with Gasteiger partial charge in [-0.05, 0) is 37.2 Å². The van der Waals surface area contributed by atoms with Gasteiger partial charge in [-0.3, -0.25) is 9.59 Å². The van der Waals surface area contributed by atoms with Gasteiger partial charge in [0.1, 0.15) is 0 Å². The highest BCUT2D eigenvalue weighted by atomic mass is 28.4. The highest BCUT2D eigenvalue weighted by molar-refractivity contribution is 7.01. The lowest BCUT2D eigenvalue weighted by atomic mass is 10.2. The molecule has 4 rings (SSSR count). The normalized spacial score (nSPS) is 12.4. The molecule has 0 aliphatic carbocycles. The lowest BCUT2D eigenvalue weighted by Crippen LogP contribution is -2.67. The molecule has 0 aromatic heterocycles. The van der Waals surface area contributed by atoms with Crippen molar-refractivity contribution in [3.05, 3.63) is 121 Å². The van der Waals surface area contributed by atoms with E-state index in [2.05, 4.69) is 90.1 Å². The van der Waals surface area contributed by atoms with Crippen LogP contribution in [0.5, 0.6) is 0 Å². The number of benzene rings is 4. The van der Waals surface area contributed by atoms with Gasteiger partial charge in [0.2, 0.25) is 0 Å². The summed E-state index contributed by atoms with van der Waals surface area (Å²) in [6, 6.07) is 40.5. The lowest BCUT2D eigenvalue weighted by molar-refractivity contribution is -0.136. The summed E-state index contributed by atoms with van der Waals surface area (Å²) in [6.07, 6.45) is 0.634. The third-order valence-corrected chi connectivity index (χ3v) is 18.0. The first-order chi connectivity index (χ1) is 20.4. The quantitative estimate of drug-likeness (QED) is 0.197. The topological polar surface area (TPSA) is 52.6 Å². The number of hydrogen-bond donors (Lipinski definition) is 0. The second kappa shape index (κ2) is 13.3. The van der Waals surface area contributed by atoms with Crippen molar-refractivity contribution in [2.24, 2.45) is 0 Å². The molecule has 0 saturated carbocycles. The third-order valence-electron chi connectivity index (χ3n) is 8.13. The van der Waals surface area contributed by atoms with Gasteiger partial charge in [0.25, 0.3) is 11.9 Å². The molecule has 0 aliphatic rings. The minimum absolute atomic E-state index is 0.139. The van der Waals surface area contributed by atoms with Crippen LogP contribution in [0, 0.1) is 0 Å². The average molecular weight is 609 g/mol. The van der Waals surface area contributed by atoms with Crippen molar-refractivity contribution in [3.8, 4) is 0 Å². The molecule has 224 valence electrons. The summed E-state index contributed by atoms with van der Waals surface area (Å²) in [6.45, 7) is 12.9. The zero-order valence-electron chi connectivity index (χ0n) is 26.3. The second-order valence-corrected chi connectivity index (χ2v) is 21.6. The van der Waals surface area contributed by atoms with E-state index in [-0.39, 0.29) is 34.9 Å². The summed E-state index contributed by atoms with van der Waals surface area (Å²) < 4.78 is 13.2. The second-order valence-electron chi connectivity index (χ2n) is 13.1. The van der Waals surface area contributed by atoms with E-state index in [1.54, 1.807) is 0 Å². The lowest BCUT2D eigenvalue weighted by Gasteiger charge is -2.42. The molecule has 0 atom stereocenters. The maximum atomic E-state index is 13.6. The van der Waals surface area contributed by atoms with Gasteiger partial charge >= 0.3 is 16.6 Å². The molecule has 0 radical (unpaired) electrons. The Morgan fingerprint density at radius 1 is 0.465 bits per heavy atom. The van der Waals surface area contributed by atoms with E-state index in [1.165, 1.54) is 0 Å². The van der Waals surface area contributed by atoms with E-state index in [4.69, 9.17) is 8.85 Å². The molecule has 0 amide bonds. The Balaban J connectivity index is 1.56. The Hall–Kier alpha value is -3.75. The third kappa shape index (κ3) is 6.76. The summed E-state index contributed by atoms with van der Waals surface area (Å²) >= 11 is 0. The standard InChI is InChI=1S/C37H44O4Si2/c1-36(2,3)42(30-20-11-7-12-21-30,31-22-13-8-14-23-31)40-34(38)28-19-29-35(39)41-43(37(4,5)6,32-24-15-9-16-25-32)33-26-17-10-18-27-33/h7-18,20-27H,19,28-29H2,1-6H3. The molecule has 0 N–H and O–H groups in total. The molecule has 4 aromatic carbocycles. The van der Waals surface area contributed by atoms with Gasteiger partial charge in [-0.25, -0.2) is 0 Å². The van der Waals surface area contributed by atoms with Gasteiger partial charge in [0.15, 0.2) is 0 Å². The molecule has 0 bridgehead atoms. The Labute approximate surface area is 259 Å². The van der Waals surface area contributed by atoms with Crippen LogP contribution in [0.3, 0.4) is 0 Å². The fourth-order valence-electron chi connectivity index (χ4n) is 6.12. The summed E-state index contributed by atoms with van der Waals surface area (Å²) in [5.41, 5.74) is 0. The van der Waals surface area contributed by atoms with Crippen LogP contribution in [-0.4, -0.2) is 28.6 Å². The van der Waals surface area contributed by atoms with Crippen molar-refractivity contribution in [1.82, 2.24) is 0 Å². The zero-order chi connectivity index (χ0) is 31.1. The van der Waals surface area contributed by atoms with Crippen molar-refractivity contribution in [1.29, 1.82) is 0 Å². The van der Waals surface area contributed by atoms with E-state index in [9.17, 15) is 9.59 Å². The van der Waals surface area contributed by atoms with Crippen LogP contribution < -0.4 is 20.7 Å². The summed E-state index contributed by atoms with van der Waals surface area (Å²) in [4.78, 5) is 27.2. The predicted octanol–water partition coefficient (Wildman–Crippen LogP) is 6.36. The van der Waals surface area contributed by atoms with Crippen molar-refractivity contribution in [3.63, 3.8) is 0 Å². The van der Waals surface area contributed by atoms with Gasteiger partial charge in [0.05, 0.1) is 0 Å². The monoisotopic (exact) mass is 608 g/mol. The average Bonchev–Trinajstić information content (AvgIpc) is 2.99.